The predicted molar refractivity (Wildman–Crippen MR) is 90.8 cm³/mol. The minimum atomic E-state index is -3.43. The fourth-order valence-corrected chi connectivity index (χ4v) is 4.20. The number of hydrogen-bond donors (Lipinski definition) is 2. The highest BCUT2D eigenvalue weighted by Crippen LogP contribution is 2.16. The number of sulfonamides is 1. The summed E-state index contributed by atoms with van der Waals surface area (Å²) in [6.45, 7) is 4.43. The SMILES string of the molecule is CCc1n[nH]c(CN2CCC(NS(=O)(=O)c3ccccc3)CC2)n1. The van der Waals surface area contributed by atoms with Crippen molar-refractivity contribution in [3.63, 3.8) is 0 Å². The van der Waals surface area contributed by atoms with E-state index in [0.29, 0.717) is 4.90 Å². The van der Waals surface area contributed by atoms with Gasteiger partial charge in [-0.05, 0) is 25.0 Å². The summed E-state index contributed by atoms with van der Waals surface area (Å²) in [6.07, 6.45) is 2.40. The average Bonchev–Trinajstić information content (AvgIpc) is 3.05. The molecule has 130 valence electrons. The molecular formula is C16H23N5O2S. The molecule has 1 fully saturated rings. The van der Waals surface area contributed by atoms with Crippen molar-refractivity contribution in [2.45, 2.75) is 43.7 Å². The number of nitrogens with zero attached hydrogens (tertiary/aromatic N) is 3. The third-order valence-electron chi connectivity index (χ3n) is 4.23. The van der Waals surface area contributed by atoms with Crippen LogP contribution in [0.2, 0.25) is 0 Å². The molecule has 7 nitrogen and oxygen atoms in total. The molecule has 0 unspecified atom stereocenters. The average molecular weight is 349 g/mol. The van der Waals surface area contributed by atoms with Crippen LogP contribution < -0.4 is 4.72 Å². The van der Waals surface area contributed by atoms with Crippen molar-refractivity contribution < 1.29 is 8.42 Å². The van der Waals surface area contributed by atoms with Crippen molar-refractivity contribution in [3.05, 3.63) is 42.0 Å². The van der Waals surface area contributed by atoms with Crippen molar-refractivity contribution in [2.24, 2.45) is 0 Å². The van der Waals surface area contributed by atoms with Crippen LogP contribution in [0.3, 0.4) is 0 Å². The van der Waals surface area contributed by atoms with Crippen LogP contribution in [0, 0.1) is 0 Å². The predicted octanol–water partition coefficient (Wildman–Crippen LogP) is 1.31. The molecule has 8 heteroatoms. The van der Waals surface area contributed by atoms with Crippen LogP contribution in [0.4, 0.5) is 0 Å². The van der Waals surface area contributed by atoms with Crippen LogP contribution in [-0.2, 0) is 23.0 Å². The van der Waals surface area contributed by atoms with Gasteiger partial charge in [0.2, 0.25) is 10.0 Å². The molecule has 24 heavy (non-hydrogen) atoms. The van der Waals surface area contributed by atoms with Crippen LogP contribution in [0.1, 0.15) is 31.4 Å². The highest BCUT2D eigenvalue weighted by Gasteiger charge is 2.24. The maximum Gasteiger partial charge on any atom is 0.240 e. The minimum Gasteiger partial charge on any atom is -0.296 e. The summed E-state index contributed by atoms with van der Waals surface area (Å²) in [6, 6.07) is 8.50. The molecule has 1 aliphatic rings. The van der Waals surface area contributed by atoms with Crippen molar-refractivity contribution in [2.75, 3.05) is 13.1 Å². The van der Waals surface area contributed by atoms with Crippen LogP contribution in [0.5, 0.6) is 0 Å². The first-order chi connectivity index (χ1) is 11.6. The largest absolute Gasteiger partial charge is 0.296 e. The Morgan fingerprint density at radius 1 is 1.25 bits per heavy atom. The molecule has 2 aromatic rings. The van der Waals surface area contributed by atoms with E-state index in [2.05, 4.69) is 24.8 Å². The zero-order valence-corrected chi connectivity index (χ0v) is 14.6. The molecule has 1 aliphatic heterocycles. The van der Waals surface area contributed by atoms with E-state index in [-0.39, 0.29) is 6.04 Å². The molecule has 1 aromatic carbocycles. The molecule has 0 spiro atoms. The Hall–Kier alpha value is -1.77. The number of hydrogen-bond acceptors (Lipinski definition) is 5. The molecule has 0 saturated carbocycles. The summed E-state index contributed by atoms with van der Waals surface area (Å²) in [4.78, 5) is 7.01. The van der Waals surface area contributed by atoms with E-state index in [1.54, 1.807) is 24.3 Å². The van der Waals surface area contributed by atoms with Crippen molar-refractivity contribution >= 4 is 10.0 Å². The third-order valence-corrected chi connectivity index (χ3v) is 5.77. The molecule has 1 aromatic heterocycles. The third kappa shape index (κ3) is 4.19. The van der Waals surface area contributed by atoms with E-state index >= 15 is 0 Å². The lowest BCUT2D eigenvalue weighted by atomic mass is 10.1. The number of piperidine rings is 1. The van der Waals surface area contributed by atoms with Crippen LogP contribution in [-0.4, -0.2) is 47.6 Å². The van der Waals surface area contributed by atoms with E-state index in [1.807, 2.05) is 13.0 Å². The molecule has 0 atom stereocenters. The first-order valence-electron chi connectivity index (χ1n) is 8.26. The van der Waals surface area contributed by atoms with E-state index in [9.17, 15) is 8.42 Å². The smallest absolute Gasteiger partial charge is 0.240 e. The van der Waals surface area contributed by atoms with Crippen molar-refractivity contribution in [3.8, 4) is 0 Å². The Morgan fingerprint density at radius 2 is 1.96 bits per heavy atom. The number of benzene rings is 1. The number of nitrogens with one attached hydrogen (secondary N) is 2. The first-order valence-corrected chi connectivity index (χ1v) is 9.75. The number of rotatable bonds is 6. The lowest BCUT2D eigenvalue weighted by Gasteiger charge is -2.31. The van der Waals surface area contributed by atoms with Gasteiger partial charge in [-0.1, -0.05) is 25.1 Å². The second-order valence-corrected chi connectivity index (χ2v) is 7.75. The van der Waals surface area contributed by atoms with E-state index in [0.717, 1.165) is 50.5 Å². The molecular weight excluding hydrogens is 326 g/mol. The number of likely N-dealkylation sites (tertiary alicyclic amines) is 1. The highest BCUT2D eigenvalue weighted by atomic mass is 32.2. The molecule has 2 N–H and O–H groups in total. The Bertz CT molecular complexity index is 752. The van der Waals surface area contributed by atoms with Gasteiger partial charge >= 0.3 is 0 Å². The fourth-order valence-electron chi connectivity index (χ4n) is 2.87. The summed E-state index contributed by atoms with van der Waals surface area (Å²) in [5.74, 6) is 1.70. The summed E-state index contributed by atoms with van der Waals surface area (Å²) >= 11 is 0. The minimum absolute atomic E-state index is 0.0209. The number of H-pyrrole nitrogens is 1. The maximum atomic E-state index is 12.4. The van der Waals surface area contributed by atoms with Gasteiger partial charge in [-0.2, -0.15) is 5.10 Å². The Kier molecular flexibility index (Phi) is 5.27. The van der Waals surface area contributed by atoms with E-state index in [1.165, 1.54) is 0 Å². The lowest BCUT2D eigenvalue weighted by Crippen LogP contribution is -2.44. The molecule has 2 heterocycles. The Labute approximate surface area is 142 Å². The Morgan fingerprint density at radius 3 is 2.58 bits per heavy atom. The van der Waals surface area contributed by atoms with Gasteiger partial charge in [-0.15, -0.1) is 0 Å². The molecule has 0 radical (unpaired) electrons. The molecule has 0 bridgehead atoms. The zero-order valence-electron chi connectivity index (χ0n) is 13.8. The molecule has 3 rings (SSSR count). The summed E-state index contributed by atoms with van der Waals surface area (Å²) < 4.78 is 27.5. The first kappa shape index (κ1) is 17.1. The van der Waals surface area contributed by atoms with E-state index in [4.69, 9.17) is 0 Å². The van der Waals surface area contributed by atoms with Gasteiger partial charge in [0.15, 0.2) is 0 Å². The molecule has 0 aliphatic carbocycles. The number of aryl methyl sites for hydroxylation is 1. The zero-order chi connectivity index (χ0) is 17.0. The fraction of sp³-hybridized carbons (Fsp3) is 0.500. The standard InChI is InChI=1S/C16H23N5O2S/c1-2-15-17-16(19-18-15)12-21-10-8-13(9-11-21)20-24(22,23)14-6-4-3-5-7-14/h3-7,13,20H,2,8-12H2,1H3,(H,17,18,19). The Balaban J connectivity index is 1.52. The van der Waals surface area contributed by atoms with Gasteiger partial charge in [0.1, 0.15) is 11.6 Å². The quantitative estimate of drug-likeness (QED) is 0.820. The molecule has 0 amide bonds. The van der Waals surface area contributed by atoms with Crippen LogP contribution in [0.25, 0.3) is 0 Å². The summed E-state index contributed by atoms with van der Waals surface area (Å²) in [5.41, 5.74) is 0. The number of aromatic nitrogens is 3. The maximum absolute atomic E-state index is 12.4. The lowest BCUT2D eigenvalue weighted by molar-refractivity contribution is 0.196. The normalized spacial score (nSPS) is 17.2. The summed E-state index contributed by atoms with van der Waals surface area (Å²) in [5, 5.41) is 7.10. The van der Waals surface area contributed by atoms with Gasteiger partial charge in [0.25, 0.3) is 0 Å². The number of aromatic amines is 1. The van der Waals surface area contributed by atoms with Crippen LogP contribution >= 0.6 is 0 Å². The second-order valence-electron chi connectivity index (χ2n) is 6.04. The van der Waals surface area contributed by atoms with Crippen molar-refractivity contribution in [1.29, 1.82) is 0 Å². The van der Waals surface area contributed by atoms with Gasteiger partial charge < -0.3 is 0 Å². The topological polar surface area (TPSA) is 91.0 Å². The van der Waals surface area contributed by atoms with Gasteiger partial charge in [-0.25, -0.2) is 18.1 Å². The second kappa shape index (κ2) is 7.42. The van der Waals surface area contributed by atoms with Crippen molar-refractivity contribution in [1.82, 2.24) is 24.8 Å². The monoisotopic (exact) mass is 349 g/mol. The summed E-state index contributed by atoms with van der Waals surface area (Å²) in [7, 11) is -3.43. The highest BCUT2D eigenvalue weighted by molar-refractivity contribution is 7.89. The van der Waals surface area contributed by atoms with Gasteiger partial charge in [-0.3, -0.25) is 10.00 Å². The van der Waals surface area contributed by atoms with Gasteiger partial charge in [0, 0.05) is 25.6 Å². The molecule has 1 saturated heterocycles. The van der Waals surface area contributed by atoms with Gasteiger partial charge in [0.05, 0.1) is 11.4 Å². The van der Waals surface area contributed by atoms with Crippen LogP contribution in [0.15, 0.2) is 35.2 Å². The van der Waals surface area contributed by atoms with E-state index < -0.39 is 10.0 Å².